The fraction of sp³-hybridized carbons (Fsp3) is 0.375. The van der Waals surface area contributed by atoms with Crippen LogP contribution in [0.4, 0.5) is 10.3 Å². The highest BCUT2D eigenvalue weighted by molar-refractivity contribution is 5.33. The monoisotopic (exact) mass is 169 g/mol. The van der Waals surface area contributed by atoms with Gasteiger partial charge in [-0.25, -0.2) is 4.98 Å². The maximum absolute atomic E-state index is 13.0. The van der Waals surface area contributed by atoms with E-state index in [1.165, 1.54) is 0 Å². The van der Waals surface area contributed by atoms with Gasteiger partial charge in [0, 0.05) is 6.20 Å². The molecule has 0 bridgehead atoms. The predicted molar refractivity (Wildman–Crippen MR) is 46.4 cm³/mol. The second kappa shape index (κ2) is 4.66. The molecule has 1 aromatic heterocycles. The first-order valence-electron chi connectivity index (χ1n) is 3.89. The molecule has 0 aliphatic heterocycles. The van der Waals surface area contributed by atoms with Crippen LogP contribution in [0.2, 0.25) is 0 Å². The van der Waals surface area contributed by atoms with Crippen molar-refractivity contribution in [1.82, 2.24) is 4.98 Å². The van der Waals surface area contributed by atoms with Gasteiger partial charge in [-0.15, -0.1) is 0 Å². The van der Waals surface area contributed by atoms with Crippen molar-refractivity contribution in [3.05, 3.63) is 24.4 Å². The summed E-state index contributed by atoms with van der Waals surface area (Å²) in [6, 6.07) is 5.12. The van der Waals surface area contributed by atoms with Crippen LogP contribution >= 0.6 is 0 Å². The summed E-state index contributed by atoms with van der Waals surface area (Å²) in [5.41, 5.74) is 5.24. The Balaban J connectivity index is 2.48. The molecule has 1 rings (SSSR count). The van der Waals surface area contributed by atoms with E-state index in [1.54, 1.807) is 24.4 Å². The molecule has 0 aromatic carbocycles. The number of nitrogens with two attached hydrogens (primary N) is 1. The van der Waals surface area contributed by atoms with Crippen LogP contribution < -0.4 is 10.9 Å². The van der Waals surface area contributed by atoms with Crippen LogP contribution in [-0.4, -0.2) is 18.1 Å². The molecule has 0 aliphatic carbocycles. The topological polar surface area (TPSA) is 42.1 Å². The Kier molecular flexibility index (Phi) is 3.47. The van der Waals surface area contributed by atoms with E-state index in [4.69, 9.17) is 5.73 Å². The number of anilines is 1. The third-order valence-corrected chi connectivity index (χ3v) is 1.46. The average molecular weight is 169 g/mol. The lowest BCUT2D eigenvalue weighted by atomic mass is 10.4. The number of pyridine rings is 1. The van der Waals surface area contributed by atoms with Crippen LogP contribution in [0.3, 0.4) is 0 Å². The third kappa shape index (κ3) is 2.47. The maximum atomic E-state index is 13.0. The first kappa shape index (κ1) is 8.93. The van der Waals surface area contributed by atoms with Gasteiger partial charge in [-0.3, -0.25) is 0 Å². The fourth-order valence-corrected chi connectivity index (χ4v) is 0.842. The van der Waals surface area contributed by atoms with Crippen LogP contribution in [0.1, 0.15) is 6.42 Å². The summed E-state index contributed by atoms with van der Waals surface area (Å²) in [5, 5.41) is 0.604. The van der Waals surface area contributed by atoms with Crippen molar-refractivity contribution in [3.8, 4) is 0 Å². The zero-order chi connectivity index (χ0) is 8.81. The first-order chi connectivity index (χ1) is 5.84. The Morgan fingerprint density at radius 1 is 1.50 bits per heavy atom. The smallest absolute Gasteiger partial charge is 0.157 e. The van der Waals surface area contributed by atoms with E-state index >= 15 is 0 Å². The second-order valence-corrected chi connectivity index (χ2v) is 2.42. The summed E-state index contributed by atoms with van der Waals surface area (Å²) in [4.78, 5) is 3.84. The van der Waals surface area contributed by atoms with E-state index in [2.05, 4.69) is 4.98 Å². The van der Waals surface area contributed by atoms with E-state index in [0.717, 1.165) is 0 Å². The van der Waals surface area contributed by atoms with Gasteiger partial charge in [0.1, 0.15) is 0 Å². The molecule has 2 N–H and O–H groups in total. The molecule has 0 spiro atoms. The maximum Gasteiger partial charge on any atom is 0.157 e. The highest BCUT2D eigenvalue weighted by Gasteiger charge is 2.02. The number of hydrogen-bond donors (Lipinski definition) is 1. The summed E-state index contributed by atoms with van der Waals surface area (Å²) >= 11 is 0. The van der Waals surface area contributed by atoms with E-state index in [1.807, 2.05) is 0 Å². The lowest BCUT2D eigenvalue weighted by Crippen LogP contribution is -2.17. The Bertz CT molecular complexity index is 215. The summed E-state index contributed by atoms with van der Waals surface area (Å²) in [7, 11) is 0. The van der Waals surface area contributed by atoms with Gasteiger partial charge in [0.25, 0.3) is 0 Å². The van der Waals surface area contributed by atoms with Gasteiger partial charge in [0.05, 0.1) is 6.54 Å². The quantitative estimate of drug-likeness (QED) is 0.687. The van der Waals surface area contributed by atoms with Crippen molar-refractivity contribution in [1.29, 1.82) is 0 Å². The molecular weight excluding hydrogens is 157 g/mol. The molecule has 0 saturated carbocycles. The van der Waals surface area contributed by atoms with Gasteiger partial charge in [-0.2, -0.15) is 5.12 Å². The first-order valence-corrected chi connectivity index (χ1v) is 3.89. The summed E-state index contributed by atoms with van der Waals surface area (Å²) in [6.45, 7) is 0.792. The molecular formula is C8H12FN3. The molecule has 0 aliphatic rings. The summed E-state index contributed by atoms with van der Waals surface area (Å²) in [6.07, 6.45) is 2.19. The predicted octanol–water partition coefficient (Wildman–Crippen LogP) is 1.12. The molecule has 4 heteroatoms. The Labute approximate surface area is 70.9 Å². The van der Waals surface area contributed by atoms with Crippen molar-refractivity contribution >= 4 is 5.82 Å². The largest absolute Gasteiger partial charge is 0.330 e. The van der Waals surface area contributed by atoms with Gasteiger partial charge in [0.15, 0.2) is 5.82 Å². The van der Waals surface area contributed by atoms with Crippen LogP contribution in [0, 0.1) is 0 Å². The minimum absolute atomic E-state index is 0.299. The van der Waals surface area contributed by atoms with Crippen molar-refractivity contribution in [2.75, 3.05) is 18.2 Å². The van der Waals surface area contributed by atoms with Crippen molar-refractivity contribution < 1.29 is 4.48 Å². The van der Waals surface area contributed by atoms with Crippen LogP contribution in [0.25, 0.3) is 0 Å². The molecule has 0 unspecified atom stereocenters. The third-order valence-electron chi connectivity index (χ3n) is 1.46. The van der Waals surface area contributed by atoms with E-state index < -0.39 is 0 Å². The van der Waals surface area contributed by atoms with Crippen molar-refractivity contribution in [3.63, 3.8) is 0 Å². The molecule has 0 saturated heterocycles. The van der Waals surface area contributed by atoms with Gasteiger partial charge in [-0.1, -0.05) is 10.5 Å². The van der Waals surface area contributed by atoms with Gasteiger partial charge in [0.2, 0.25) is 0 Å². The molecule has 3 nitrogen and oxygen atoms in total. The molecule has 12 heavy (non-hydrogen) atoms. The van der Waals surface area contributed by atoms with Gasteiger partial charge in [-0.05, 0) is 25.1 Å². The molecule has 0 radical (unpaired) electrons. The molecule has 1 heterocycles. The van der Waals surface area contributed by atoms with Crippen LogP contribution in [0.5, 0.6) is 0 Å². The second-order valence-electron chi connectivity index (χ2n) is 2.42. The van der Waals surface area contributed by atoms with Crippen LogP contribution in [-0.2, 0) is 0 Å². The number of hydrogen-bond acceptors (Lipinski definition) is 3. The van der Waals surface area contributed by atoms with E-state index in [-0.39, 0.29) is 0 Å². The number of nitrogens with zero attached hydrogens (tertiary/aromatic N) is 2. The zero-order valence-corrected chi connectivity index (χ0v) is 6.78. The van der Waals surface area contributed by atoms with Crippen molar-refractivity contribution in [2.45, 2.75) is 6.42 Å². The Hall–Kier alpha value is -1.16. The Morgan fingerprint density at radius 2 is 2.33 bits per heavy atom. The molecule has 66 valence electrons. The number of aromatic nitrogens is 1. The minimum Gasteiger partial charge on any atom is -0.330 e. The van der Waals surface area contributed by atoms with Crippen LogP contribution in [0.15, 0.2) is 24.4 Å². The highest BCUT2D eigenvalue weighted by atomic mass is 19.2. The van der Waals surface area contributed by atoms with E-state index in [9.17, 15) is 4.48 Å². The summed E-state index contributed by atoms with van der Waals surface area (Å²) in [5.74, 6) is 0.339. The lowest BCUT2D eigenvalue weighted by molar-refractivity contribution is 0.424. The Morgan fingerprint density at radius 3 is 2.92 bits per heavy atom. The van der Waals surface area contributed by atoms with Gasteiger partial charge >= 0.3 is 0 Å². The minimum atomic E-state index is 0.299. The lowest BCUT2D eigenvalue weighted by Gasteiger charge is -2.10. The fourth-order valence-electron chi connectivity index (χ4n) is 0.842. The van der Waals surface area contributed by atoms with Gasteiger partial charge < -0.3 is 5.73 Å². The highest BCUT2D eigenvalue weighted by Crippen LogP contribution is 2.08. The molecule has 0 atom stereocenters. The summed E-state index contributed by atoms with van der Waals surface area (Å²) < 4.78 is 13.0. The zero-order valence-electron chi connectivity index (χ0n) is 6.78. The number of rotatable bonds is 4. The van der Waals surface area contributed by atoms with E-state index in [0.29, 0.717) is 30.5 Å². The SMILES string of the molecule is NCCCN(F)c1ccccn1. The standard InChI is InChI=1S/C8H12FN3/c9-12(7-3-5-10)8-4-1-2-6-11-8/h1-2,4,6H,3,5,7,10H2. The normalized spacial score (nSPS) is 9.83. The van der Waals surface area contributed by atoms with Crippen molar-refractivity contribution in [2.24, 2.45) is 5.73 Å². The molecule has 1 aromatic rings. The number of halogens is 1. The molecule has 0 amide bonds. The molecule has 0 fully saturated rings. The average Bonchev–Trinajstić information content (AvgIpc) is 2.15.